The number of aliphatic hydroxyl groups excluding tert-OH is 2. The summed E-state index contributed by atoms with van der Waals surface area (Å²) in [5.74, 6) is 3.36. The second-order valence-corrected chi connectivity index (χ2v) is 6.68. The van der Waals surface area contributed by atoms with Crippen LogP contribution in [0, 0.1) is 19.3 Å². The van der Waals surface area contributed by atoms with Gasteiger partial charge in [-0.15, -0.1) is 6.42 Å². The van der Waals surface area contributed by atoms with Crippen molar-refractivity contribution in [2.45, 2.75) is 44.7 Å². The van der Waals surface area contributed by atoms with Gasteiger partial charge in [-0.05, 0) is 36.2 Å². The van der Waals surface area contributed by atoms with Gasteiger partial charge in [0.1, 0.15) is 5.75 Å². The lowest BCUT2D eigenvalue weighted by Crippen LogP contribution is -2.40. The summed E-state index contributed by atoms with van der Waals surface area (Å²) in [6.45, 7) is 1.92. The highest BCUT2D eigenvalue weighted by Gasteiger charge is 2.29. The second-order valence-electron chi connectivity index (χ2n) is 6.68. The molecule has 0 aromatic heterocycles. The van der Waals surface area contributed by atoms with Gasteiger partial charge in [0.15, 0.2) is 0 Å². The van der Waals surface area contributed by atoms with E-state index in [4.69, 9.17) is 15.9 Å². The highest BCUT2D eigenvalue weighted by Crippen LogP contribution is 2.29. The summed E-state index contributed by atoms with van der Waals surface area (Å²) in [6.07, 6.45) is 5.45. The number of ether oxygens (including phenoxy) is 2. The minimum Gasteiger partial charge on any atom is -0.465 e. The number of terminal acetylenes is 1. The molecule has 3 atom stereocenters. The molecule has 26 heavy (non-hydrogen) atoms. The molecular weight excluding hydrogens is 328 g/mol. The zero-order valence-electron chi connectivity index (χ0n) is 14.9. The maximum Gasteiger partial charge on any atom is 0.202 e. The van der Waals surface area contributed by atoms with E-state index in [1.165, 1.54) is 0 Å². The number of benzene rings is 2. The van der Waals surface area contributed by atoms with Crippen LogP contribution in [0.2, 0.25) is 0 Å². The molecule has 0 radical (unpaired) electrons. The normalized spacial score (nSPS) is 22.6. The molecule has 0 aliphatic carbocycles. The van der Waals surface area contributed by atoms with Crippen molar-refractivity contribution < 1.29 is 19.7 Å². The Morgan fingerprint density at radius 1 is 1.19 bits per heavy atom. The number of aliphatic hydroxyl groups is 2. The van der Waals surface area contributed by atoms with Crippen molar-refractivity contribution in [1.29, 1.82) is 0 Å². The maximum atomic E-state index is 9.98. The van der Waals surface area contributed by atoms with Gasteiger partial charge in [-0.2, -0.15) is 0 Å². The number of aryl methyl sites for hydroxylation is 1. The average molecular weight is 352 g/mol. The van der Waals surface area contributed by atoms with Gasteiger partial charge in [-0.25, -0.2) is 0 Å². The van der Waals surface area contributed by atoms with Crippen LogP contribution < -0.4 is 4.74 Å². The van der Waals surface area contributed by atoms with E-state index >= 15 is 0 Å². The topological polar surface area (TPSA) is 58.9 Å². The van der Waals surface area contributed by atoms with Gasteiger partial charge < -0.3 is 19.7 Å². The summed E-state index contributed by atoms with van der Waals surface area (Å²) in [5, 5.41) is 19.3. The molecule has 2 N–H and O–H groups in total. The molecule has 0 bridgehead atoms. The van der Waals surface area contributed by atoms with E-state index in [0.717, 1.165) is 28.0 Å². The summed E-state index contributed by atoms with van der Waals surface area (Å²) >= 11 is 0. The van der Waals surface area contributed by atoms with Crippen molar-refractivity contribution >= 4 is 0 Å². The third-order valence-corrected chi connectivity index (χ3v) is 4.67. The first-order chi connectivity index (χ1) is 12.6. The predicted octanol–water partition coefficient (Wildman–Crippen LogP) is 2.80. The Hall–Kier alpha value is -2.32. The Labute approximate surface area is 154 Å². The third-order valence-electron chi connectivity index (χ3n) is 4.67. The summed E-state index contributed by atoms with van der Waals surface area (Å²) in [7, 11) is 0. The van der Waals surface area contributed by atoms with Crippen LogP contribution in [0.5, 0.6) is 5.75 Å². The van der Waals surface area contributed by atoms with Gasteiger partial charge in [0.25, 0.3) is 0 Å². The zero-order chi connectivity index (χ0) is 18.5. The van der Waals surface area contributed by atoms with Gasteiger partial charge in [-0.3, -0.25) is 0 Å². The van der Waals surface area contributed by atoms with Crippen LogP contribution in [0.4, 0.5) is 0 Å². The molecule has 0 saturated carbocycles. The van der Waals surface area contributed by atoms with E-state index in [2.05, 4.69) is 5.92 Å². The summed E-state index contributed by atoms with van der Waals surface area (Å²) in [6, 6.07) is 13.8. The first-order valence-corrected chi connectivity index (χ1v) is 8.84. The third kappa shape index (κ3) is 4.44. The van der Waals surface area contributed by atoms with Crippen LogP contribution in [0.1, 0.15) is 35.1 Å². The van der Waals surface area contributed by atoms with Gasteiger partial charge in [0.2, 0.25) is 6.29 Å². The Morgan fingerprint density at radius 2 is 1.96 bits per heavy atom. The van der Waals surface area contributed by atoms with E-state index in [9.17, 15) is 10.2 Å². The van der Waals surface area contributed by atoms with Crippen LogP contribution in [-0.4, -0.2) is 35.3 Å². The van der Waals surface area contributed by atoms with Crippen molar-refractivity contribution in [3.63, 3.8) is 0 Å². The molecule has 4 heteroatoms. The van der Waals surface area contributed by atoms with E-state index in [1.54, 1.807) is 0 Å². The lowest BCUT2D eigenvalue weighted by atomic mass is 9.98. The van der Waals surface area contributed by atoms with E-state index in [1.807, 2.05) is 49.4 Å². The summed E-state index contributed by atoms with van der Waals surface area (Å²) < 4.78 is 11.8. The monoisotopic (exact) mass is 352 g/mol. The number of hydrogen-bond donors (Lipinski definition) is 2. The molecule has 1 aliphatic rings. The van der Waals surface area contributed by atoms with Crippen LogP contribution in [0.15, 0.2) is 42.5 Å². The molecule has 0 spiro atoms. The molecular formula is C22H24O4. The summed E-state index contributed by atoms with van der Waals surface area (Å²) in [4.78, 5) is 0. The first kappa shape index (κ1) is 18.5. The first-order valence-electron chi connectivity index (χ1n) is 8.84. The fourth-order valence-corrected chi connectivity index (χ4v) is 3.22. The van der Waals surface area contributed by atoms with Crippen LogP contribution in [-0.2, 0) is 11.2 Å². The highest BCUT2D eigenvalue weighted by molar-refractivity contribution is 5.44. The van der Waals surface area contributed by atoms with Crippen LogP contribution in [0.3, 0.4) is 0 Å². The Morgan fingerprint density at radius 3 is 2.65 bits per heavy atom. The fraction of sp³-hybridized carbons (Fsp3) is 0.364. The summed E-state index contributed by atoms with van der Waals surface area (Å²) in [5.41, 5.74) is 4.19. The molecule has 1 heterocycles. The molecule has 1 fully saturated rings. The van der Waals surface area contributed by atoms with E-state index < -0.39 is 18.5 Å². The quantitative estimate of drug-likeness (QED) is 0.813. The standard InChI is InChI=1S/C22H24O4/c1-3-16-7-9-17(10-8-16)11-20-15(2)5-4-6-21(20)26-22-13-18(24)12-19(14-23)25-22/h1,4-10,18-19,22-24H,11-14H2,2H3. The van der Waals surface area contributed by atoms with Crippen molar-refractivity contribution in [1.82, 2.24) is 0 Å². The second kappa shape index (κ2) is 8.37. The van der Waals surface area contributed by atoms with Crippen molar-refractivity contribution in [2.24, 2.45) is 0 Å². The van der Waals surface area contributed by atoms with Gasteiger partial charge >= 0.3 is 0 Å². The Bertz CT molecular complexity index is 776. The molecule has 136 valence electrons. The van der Waals surface area contributed by atoms with Gasteiger partial charge in [0, 0.05) is 30.4 Å². The van der Waals surface area contributed by atoms with Crippen LogP contribution in [0.25, 0.3) is 0 Å². The molecule has 1 saturated heterocycles. The number of rotatable bonds is 5. The molecule has 3 unspecified atom stereocenters. The minimum absolute atomic E-state index is 0.126. The Balaban J connectivity index is 1.79. The van der Waals surface area contributed by atoms with Gasteiger partial charge in [0.05, 0.1) is 18.8 Å². The van der Waals surface area contributed by atoms with Crippen molar-refractivity contribution in [3.05, 3.63) is 64.7 Å². The smallest absolute Gasteiger partial charge is 0.202 e. The molecule has 3 rings (SSSR count). The predicted molar refractivity (Wildman–Crippen MR) is 100.0 cm³/mol. The average Bonchev–Trinajstić information content (AvgIpc) is 2.64. The molecule has 2 aromatic rings. The maximum absolute atomic E-state index is 9.98. The van der Waals surface area contributed by atoms with Gasteiger partial charge in [-0.1, -0.05) is 30.2 Å². The Kier molecular flexibility index (Phi) is 5.95. The lowest BCUT2D eigenvalue weighted by molar-refractivity contribution is -0.184. The SMILES string of the molecule is C#Cc1ccc(Cc2c(C)cccc2OC2CC(O)CC(CO)O2)cc1. The zero-order valence-corrected chi connectivity index (χ0v) is 14.9. The van der Waals surface area contributed by atoms with Crippen molar-refractivity contribution in [2.75, 3.05) is 6.61 Å². The van der Waals surface area contributed by atoms with Crippen LogP contribution >= 0.6 is 0 Å². The van der Waals surface area contributed by atoms with Crippen molar-refractivity contribution in [3.8, 4) is 18.1 Å². The lowest BCUT2D eigenvalue weighted by Gasteiger charge is -2.32. The molecule has 4 nitrogen and oxygen atoms in total. The molecule has 2 aromatic carbocycles. The molecule has 1 aliphatic heterocycles. The minimum atomic E-state index is -0.569. The molecule has 0 amide bonds. The highest BCUT2D eigenvalue weighted by atomic mass is 16.7. The van der Waals surface area contributed by atoms with E-state index in [-0.39, 0.29) is 6.61 Å². The van der Waals surface area contributed by atoms with E-state index in [0.29, 0.717) is 19.3 Å². The largest absolute Gasteiger partial charge is 0.465 e. The fourth-order valence-electron chi connectivity index (χ4n) is 3.22. The number of hydrogen-bond acceptors (Lipinski definition) is 4.